The Labute approximate surface area is 128 Å². The fourth-order valence-electron chi connectivity index (χ4n) is 3.55. The summed E-state index contributed by atoms with van der Waals surface area (Å²) in [6, 6.07) is 8.85. The van der Waals surface area contributed by atoms with Gasteiger partial charge in [-0.2, -0.15) is 5.10 Å². The maximum atomic E-state index is 4.83. The highest BCUT2D eigenvalue weighted by molar-refractivity contribution is 6.04. The molecule has 1 aromatic rings. The highest BCUT2D eigenvalue weighted by Gasteiger charge is 2.27. The highest BCUT2D eigenvalue weighted by Crippen LogP contribution is 2.35. The lowest BCUT2D eigenvalue weighted by Crippen LogP contribution is -2.28. The number of rotatable bonds is 1. The molecule has 1 aliphatic heterocycles. The van der Waals surface area contributed by atoms with Gasteiger partial charge in [0.15, 0.2) is 0 Å². The van der Waals surface area contributed by atoms with Crippen LogP contribution in [0.3, 0.4) is 0 Å². The monoisotopic (exact) mass is 282 g/mol. The van der Waals surface area contributed by atoms with E-state index in [2.05, 4.69) is 51.4 Å². The molecule has 2 aliphatic rings. The number of allylic oxidation sites excluding steroid dienone is 1. The van der Waals surface area contributed by atoms with Gasteiger partial charge in [-0.3, -0.25) is 5.01 Å². The van der Waals surface area contributed by atoms with Gasteiger partial charge in [0.1, 0.15) is 0 Å². The van der Waals surface area contributed by atoms with Crippen LogP contribution in [-0.2, 0) is 0 Å². The molecule has 1 heterocycles. The Kier molecular flexibility index (Phi) is 4.14. The Hall–Kier alpha value is -1.57. The third-order valence-electron chi connectivity index (χ3n) is 4.86. The molecule has 2 nitrogen and oxygen atoms in total. The topological polar surface area (TPSA) is 15.6 Å². The van der Waals surface area contributed by atoms with Gasteiger partial charge in [-0.1, -0.05) is 49.6 Å². The van der Waals surface area contributed by atoms with Crippen molar-refractivity contribution in [2.75, 3.05) is 7.05 Å². The first-order valence-electron chi connectivity index (χ1n) is 8.22. The molecule has 1 aromatic carbocycles. The predicted molar refractivity (Wildman–Crippen MR) is 89.3 cm³/mol. The van der Waals surface area contributed by atoms with Gasteiger partial charge >= 0.3 is 0 Å². The minimum absolute atomic E-state index is 0.524. The van der Waals surface area contributed by atoms with Crippen LogP contribution in [0.15, 0.2) is 41.1 Å². The Bertz CT molecular complexity index is 553. The van der Waals surface area contributed by atoms with Crippen molar-refractivity contribution in [3.05, 3.63) is 47.2 Å². The molecule has 112 valence electrons. The van der Waals surface area contributed by atoms with E-state index < -0.39 is 0 Å². The lowest BCUT2D eigenvalue weighted by Gasteiger charge is -2.32. The summed E-state index contributed by atoms with van der Waals surface area (Å²) in [5.74, 6) is 1.38. The van der Waals surface area contributed by atoms with Crippen molar-refractivity contribution in [2.24, 2.45) is 16.9 Å². The molecule has 3 rings (SSSR count). The number of hydrogen-bond donors (Lipinski definition) is 0. The molecule has 1 saturated carbocycles. The largest absolute Gasteiger partial charge is 0.276 e. The molecule has 2 unspecified atom stereocenters. The minimum atomic E-state index is 0.524. The molecule has 0 bridgehead atoms. The maximum Gasteiger partial charge on any atom is 0.0753 e. The predicted octanol–water partition coefficient (Wildman–Crippen LogP) is 4.74. The number of fused-ring (bicyclic) bond motifs is 1. The van der Waals surface area contributed by atoms with E-state index in [1.165, 1.54) is 48.9 Å². The molecule has 2 heteroatoms. The van der Waals surface area contributed by atoms with E-state index in [0.29, 0.717) is 5.92 Å². The van der Waals surface area contributed by atoms with E-state index in [1.807, 2.05) is 5.01 Å². The van der Waals surface area contributed by atoms with Gasteiger partial charge < -0.3 is 0 Å². The summed E-state index contributed by atoms with van der Waals surface area (Å²) in [6.45, 7) is 4.53. The van der Waals surface area contributed by atoms with Gasteiger partial charge in [-0.15, -0.1) is 0 Å². The zero-order chi connectivity index (χ0) is 14.8. The molecule has 0 aromatic heterocycles. The summed E-state index contributed by atoms with van der Waals surface area (Å²) in [6.07, 6.45) is 8.73. The number of benzene rings is 1. The molecule has 0 spiro atoms. The Morgan fingerprint density at radius 2 is 1.86 bits per heavy atom. The molecular weight excluding hydrogens is 256 g/mol. The second-order valence-corrected chi connectivity index (χ2v) is 6.76. The van der Waals surface area contributed by atoms with Crippen LogP contribution in [0.4, 0.5) is 0 Å². The smallest absolute Gasteiger partial charge is 0.0753 e. The second-order valence-electron chi connectivity index (χ2n) is 6.76. The minimum Gasteiger partial charge on any atom is -0.276 e. The average Bonchev–Trinajstić information content (AvgIpc) is 2.45. The van der Waals surface area contributed by atoms with E-state index in [-0.39, 0.29) is 0 Å². The Balaban J connectivity index is 1.91. The van der Waals surface area contributed by atoms with Crippen LogP contribution < -0.4 is 0 Å². The highest BCUT2D eigenvalue weighted by atomic mass is 15.4. The van der Waals surface area contributed by atoms with E-state index >= 15 is 0 Å². The first kappa shape index (κ1) is 14.4. The van der Waals surface area contributed by atoms with E-state index in [4.69, 9.17) is 5.10 Å². The van der Waals surface area contributed by atoms with Crippen molar-refractivity contribution in [1.82, 2.24) is 5.01 Å². The molecule has 0 amide bonds. The summed E-state index contributed by atoms with van der Waals surface area (Å²) in [7, 11) is 2.06. The fraction of sp³-hybridized carbons (Fsp3) is 0.526. The molecule has 0 saturated heterocycles. The number of hydrazone groups is 1. The standard InChI is InChI=1S/C19H26N2/c1-14-5-4-6-18-17(12-9-14)13-21(3)20-19(18)16-10-7-15(2)8-11-16/h7-8,10-11,13-14,18H,4-6,9,12H2,1-3H3. The summed E-state index contributed by atoms with van der Waals surface area (Å²) in [4.78, 5) is 0. The molecular formula is C19H26N2. The Morgan fingerprint density at radius 1 is 1.10 bits per heavy atom. The first-order valence-corrected chi connectivity index (χ1v) is 8.22. The van der Waals surface area contributed by atoms with Crippen LogP contribution in [-0.4, -0.2) is 17.8 Å². The van der Waals surface area contributed by atoms with Gasteiger partial charge in [0, 0.05) is 19.2 Å². The van der Waals surface area contributed by atoms with Crippen molar-refractivity contribution >= 4 is 5.71 Å². The second kappa shape index (κ2) is 6.05. The molecule has 0 radical (unpaired) electrons. The summed E-state index contributed by atoms with van der Waals surface area (Å²) in [5.41, 5.74) is 5.45. The average molecular weight is 282 g/mol. The van der Waals surface area contributed by atoms with Crippen molar-refractivity contribution in [1.29, 1.82) is 0 Å². The van der Waals surface area contributed by atoms with Gasteiger partial charge in [0.2, 0.25) is 0 Å². The van der Waals surface area contributed by atoms with Crippen LogP contribution in [0.25, 0.3) is 0 Å². The van der Waals surface area contributed by atoms with Crippen molar-refractivity contribution in [3.8, 4) is 0 Å². The lowest BCUT2D eigenvalue weighted by molar-refractivity contribution is 0.393. The number of nitrogens with zero attached hydrogens (tertiary/aromatic N) is 2. The molecule has 1 aliphatic carbocycles. The quantitative estimate of drug-likeness (QED) is 0.726. The zero-order valence-electron chi connectivity index (χ0n) is 13.5. The summed E-state index contributed by atoms with van der Waals surface area (Å²) < 4.78 is 0. The SMILES string of the molecule is Cc1ccc(C2=NN(C)C=C3CCC(C)CCCC32)cc1. The maximum absolute atomic E-state index is 4.83. The van der Waals surface area contributed by atoms with Crippen LogP contribution in [0, 0.1) is 18.8 Å². The fourth-order valence-corrected chi connectivity index (χ4v) is 3.55. The third-order valence-corrected chi connectivity index (χ3v) is 4.86. The molecule has 2 atom stereocenters. The van der Waals surface area contributed by atoms with Gasteiger partial charge in [0.05, 0.1) is 5.71 Å². The van der Waals surface area contributed by atoms with Crippen molar-refractivity contribution in [3.63, 3.8) is 0 Å². The van der Waals surface area contributed by atoms with Crippen LogP contribution in [0.1, 0.15) is 50.2 Å². The molecule has 0 N–H and O–H groups in total. The lowest BCUT2D eigenvalue weighted by atomic mass is 9.79. The van der Waals surface area contributed by atoms with Crippen LogP contribution >= 0.6 is 0 Å². The van der Waals surface area contributed by atoms with Gasteiger partial charge in [0.25, 0.3) is 0 Å². The summed E-state index contributed by atoms with van der Waals surface area (Å²) in [5, 5.41) is 6.84. The third kappa shape index (κ3) is 3.20. The first-order chi connectivity index (χ1) is 10.1. The Morgan fingerprint density at radius 3 is 2.62 bits per heavy atom. The van der Waals surface area contributed by atoms with E-state index in [1.54, 1.807) is 5.57 Å². The number of aryl methyl sites for hydroxylation is 1. The van der Waals surface area contributed by atoms with Crippen LogP contribution in [0.2, 0.25) is 0 Å². The van der Waals surface area contributed by atoms with Crippen molar-refractivity contribution in [2.45, 2.75) is 46.0 Å². The van der Waals surface area contributed by atoms with E-state index in [0.717, 1.165) is 5.92 Å². The summed E-state index contributed by atoms with van der Waals surface area (Å²) >= 11 is 0. The van der Waals surface area contributed by atoms with Gasteiger partial charge in [-0.25, -0.2) is 0 Å². The normalized spacial score (nSPS) is 26.3. The molecule has 21 heavy (non-hydrogen) atoms. The van der Waals surface area contributed by atoms with Crippen molar-refractivity contribution < 1.29 is 0 Å². The molecule has 1 fully saturated rings. The number of hydrogen-bond acceptors (Lipinski definition) is 2. The van der Waals surface area contributed by atoms with E-state index in [9.17, 15) is 0 Å². The zero-order valence-corrected chi connectivity index (χ0v) is 13.5. The van der Waals surface area contributed by atoms with Crippen LogP contribution in [0.5, 0.6) is 0 Å². The van der Waals surface area contributed by atoms with Gasteiger partial charge in [-0.05, 0) is 43.2 Å².